The number of nitrogens with one attached hydrogen (secondary N) is 1. The van der Waals surface area contributed by atoms with Gasteiger partial charge in [-0.15, -0.1) is 10.2 Å². The molecule has 0 aliphatic carbocycles. The molecule has 0 amide bonds. The number of halogens is 1. The minimum Gasteiger partial charge on any atom is -0.383 e. The maximum Gasteiger partial charge on any atom is 0.206 e. The molecule has 2 aromatic heterocycles. The van der Waals surface area contributed by atoms with Crippen molar-refractivity contribution in [3.63, 3.8) is 0 Å². The molecule has 2 heterocycles. The van der Waals surface area contributed by atoms with Gasteiger partial charge in [0.05, 0.1) is 3.57 Å². The van der Waals surface area contributed by atoms with E-state index in [0.29, 0.717) is 11.6 Å². The maximum atomic E-state index is 5.56. The number of pyridine rings is 1. The van der Waals surface area contributed by atoms with E-state index in [9.17, 15) is 0 Å². The van der Waals surface area contributed by atoms with E-state index in [2.05, 4.69) is 48.2 Å². The zero-order valence-electron chi connectivity index (χ0n) is 6.40. The molecular weight excluding hydrogens is 283 g/mol. The van der Waals surface area contributed by atoms with Crippen molar-refractivity contribution in [1.29, 1.82) is 0 Å². The predicted molar refractivity (Wildman–Crippen MR) is 54.5 cm³/mol. The number of hydrogen-bond donors (Lipinski definition) is 2. The number of nitrogens with two attached hydrogens (primary N) is 1. The van der Waals surface area contributed by atoms with Crippen molar-refractivity contribution in [3.8, 4) is 11.4 Å². The van der Waals surface area contributed by atoms with E-state index in [1.807, 2.05) is 6.07 Å². The molecular formula is C6H5IN6. The SMILES string of the molecule is Nc1ncc(-c2nn[nH]n2)cc1I. The molecule has 2 aromatic rings. The molecule has 0 fully saturated rings. The summed E-state index contributed by atoms with van der Waals surface area (Å²) in [5, 5.41) is 13.5. The molecule has 3 N–H and O–H groups in total. The van der Waals surface area contributed by atoms with Gasteiger partial charge in [0.25, 0.3) is 0 Å². The molecule has 0 bridgehead atoms. The highest BCUT2D eigenvalue weighted by molar-refractivity contribution is 14.1. The number of tetrazole rings is 1. The highest BCUT2D eigenvalue weighted by Gasteiger charge is 2.05. The van der Waals surface area contributed by atoms with Gasteiger partial charge in [-0.2, -0.15) is 5.21 Å². The molecule has 6 nitrogen and oxygen atoms in total. The minimum absolute atomic E-state index is 0.507. The van der Waals surface area contributed by atoms with Crippen LogP contribution in [-0.2, 0) is 0 Å². The van der Waals surface area contributed by atoms with E-state index in [4.69, 9.17) is 5.73 Å². The second-order valence-electron chi connectivity index (χ2n) is 2.33. The summed E-state index contributed by atoms with van der Waals surface area (Å²) in [4.78, 5) is 3.98. The molecule has 0 atom stereocenters. The van der Waals surface area contributed by atoms with Crippen molar-refractivity contribution >= 4 is 28.4 Å². The molecule has 13 heavy (non-hydrogen) atoms. The van der Waals surface area contributed by atoms with Crippen LogP contribution < -0.4 is 5.73 Å². The summed E-state index contributed by atoms with van der Waals surface area (Å²) in [5.41, 5.74) is 6.36. The summed E-state index contributed by atoms with van der Waals surface area (Å²) in [5.74, 6) is 1.03. The number of aromatic amines is 1. The molecule has 0 aliphatic rings. The van der Waals surface area contributed by atoms with E-state index in [-0.39, 0.29) is 0 Å². The Balaban J connectivity index is 2.49. The van der Waals surface area contributed by atoms with Gasteiger partial charge in [-0.1, -0.05) is 0 Å². The summed E-state index contributed by atoms with van der Waals surface area (Å²) in [6, 6.07) is 1.85. The average molecular weight is 288 g/mol. The molecule has 0 spiro atoms. The Morgan fingerprint density at radius 1 is 1.46 bits per heavy atom. The first-order chi connectivity index (χ1) is 6.27. The number of aromatic nitrogens is 5. The van der Waals surface area contributed by atoms with Crippen LogP contribution in [0, 0.1) is 3.57 Å². The lowest BCUT2D eigenvalue weighted by molar-refractivity contribution is 0.881. The summed E-state index contributed by atoms with van der Waals surface area (Å²) < 4.78 is 0.875. The van der Waals surface area contributed by atoms with Gasteiger partial charge < -0.3 is 5.73 Å². The molecule has 0 aliphatic heterocycles. The van der Waals surface area contributed by atoms with E-state index >= 15 is 0 Å². The fourth-order valence-corrected chi connectivity index (χ4v) is 1.33. The van der Waals surface area contributed by atoms with Gasteiger partial charge in [0.2, 0.25) is 5.82 Å². The van der Waals surface area contributed by atoms with Crippen LogP contribution in [0.1, 0.15) is 0 Å². The quantitative estimate of drug-likeness (QED) is 0.743. The number of nitrogens with zero attached hydrogens (tertiary/aromatic N) is 4. The monoisotopic (exact) mass is 288 g/mol. The Hall–Kier alpha value is -1.25. The first-order valence-corrected chi connectivity index (χ1v) is 4.50. The highest BCUT2D eigenvalue weighted by Crippen LogP contribution is 2.18. The van der Waals surface area contributed by atoms with Gasteiger partial charge in [0, 0.05) is 11.8 Å². The summed E-state index contributed by atoms with van der Waals surface area (Å²) in [6.45, 7) is 0. The van der Waals surface area contributed by atoms with Crippen molar-refractivity contribution in [2.75, 3.05) is 5.73 Å². The van der Waals surface area contributed by atoms with E-state index in [1.165, 1.54) is 0 Å². The zero-order valence-corrected chi connectivity index (χ0v) is 8.56. The Morgan fingerprint density at radius 2 is 2.31 bits per heavy atom. The molecule has 0 radical (unpaired) electrons. The zero-order chi connectivity index (χ0) is 9.26. The van der Waals surface area contributed by atoms with E-state index in [0.717, 1.165) is 9.13 Å². The third-order valence-corrected chi connectivity index (χ3v) is 2.34. The summed E-state index contributed by atoms with van der Waals surface area (Å²) in [6.07, 6.45) is 1.61. The van der Waals surface area contributed by atoms with Crippen molar-refractivity contribution in [3.05, 3.63) is 15.8 Å². The van der Waals surface area contributed by atoms with Gasteiger partial charge >= 0.3 is 0 Å². The van der Waals surface area contributed by atoms with Crippen molar-refractivity contribution in [2.45, 2.75) is 0 Å². The topological polar surface area (TPSA) is 93.4 Å². The normalized spacial score (nSPS) is 10.2. The number of H-pyrrole nitrogens is 1. The van der Waals surface area contributed by atoms with Gasteiger partial charge in [0.15, 0.2) is 0 Å². The van der Waals surface area contributed by atoms with Gasteiger partial charge in [0.1, 0.15) is 5.82 Å². The molecule has 66 valence electrons. The van der Waals surface area contributed by atoms with Gasteiger partial charge in [-0.25, -0.2) is 4.98 Å². The van der Waals surface area contributed by atoms with Crippen molar-refractivity contribution in [2.24, 2.45) is 0 Å². The smallest absolute Gasteiger partial charge is 0.206 e. The summed E-state index contributed by atoms with van der Waals surface area (Å²) in [7, 11) is 0. The van der Waals surface area contributed by atoms with Crippen LogP contribution in [0.4, 0.5) is 5.82 Å². The molecule has 0 saturated heterocycles. The van der Waals surface area contributed by atoms with Crippen molar-refractivity contribution in [1.82, 2.24) is 25.6 Å². The van der Waals surface area contributed by atoms with Crippen LogP contribution in [0.25, 0.3) is 11.4 Å². The lowest BCUT2D eigenvalue weighted by Crippen LogP contribution is -1.94. The van der Waals surface area contributed by atoms with Crippen molar-refractivity contribution < 1.29 is 0 Å². The predicted octanol–water partition coefficient (Wildman–Crippen LogP) is 0.448. The fourth-order valence-electron chi connectivity index (χ4n) is 0.855. The molecule has 0 saturated carbocycles. The lowest BCUT2D eigenvalue weighted by Gasteiger charge is -1.97. The largest absolute Gasteiger partial charge is 0.383 e. The standard InChI is InChI=1S/C6H5IN6/c7-4-1-3(2-9-5(4)8)6-10-12-13-11-6/h1-2H,(H2,8,9)(H,10,11,12,13). The van der Waals surface area contributed by atoms with E-state index in [1.54, 1.807) is 6.20 Å². The first-order valence-electron chi connectivity index (χ1n) is 3.42. The second-order valence-corrected chi connectivity index (χ2v) is 3.49. The number of nitrogen functional groups attached to an aromatic ring is 1. The van der Waals surface area contributed by atoms with Crippen LogP contribution in [0.2, 0.25) is 0 Å². The van der Waals surface area contributed by atoms with Crippen LogP contribution >= 0.6 is 22.6 Å². The van der Waals surface area contributed by atoms with Gasteiger partial charge in [-0.3, -0.25) is 0 Å². The van der Waals surface area contributed by atoms with E-state index < -0.39 is 0 Å². The molecule has 0 unspecified atom stereocenters. The van der Waals surface area contributed by atoms with Crippen LogP contribution in [0.5, 0.6) is 0 Å². The second kappa shape index (κ2) is 3.24. The average Bonchev–Trinajstić information content (AvgIpc) is 2.62. The highest BCUT2D eigenvalue weighted by atomic mass is 127. The number of hydrogen-bond acceptors (Lipinski definition) is 5. The Kier molecular flexibility index (Phi) is 2.08. The molecule has 7 heteroatoms. The maximum absolute atomic E-state index is 5.56. The third-order valence-electron chi connectivity index (χ3n) is 1.47. The van der Waals surface area contributed by atoms with Crippen LogP contribution in [0.15, 0.2) is 12.3 Å². The number of anilines is 1. The summed E-state index contributed by atoms with van der Waals surface area (Å²) >= 11 is 2.10. The Bertz CT molecular complexity index is 411. The Labute approximate surface area is 87.1 Å². The minimum atomic E-state index is 0.507. The van der Waals surface area contributed by atoms with Crippen LogP contribution in [0.3, 0.4) is 0 Å². The molecule has 2 rings (SSSR count). The first kappa shape index (κ1) is 8.35. The number of rotatable bonds is 1. The Morgan fingerprint density at radius 3 is 2.92 bits per heavy atom. The fraction of sp³-hybridized carbons (Fsp3) is 0. The lowest BCUT2D eigenvalue weighted by atomic mass is 10.3. The molecule has 0 aromatic carbocycles. The van der Waals surface area contributed by atoms with Crippen LogP contribution in [-0.4, -0.2) is 25.6 Å². The third kappa shape index (κ3) is 1.59. The van der Waals surface area contributed by atoms with Gasteiger partial charge in [-0.05, 0) is 33.9 Å².